The SMILES string of the molecule is CCNc1ncc(C)c(NC2CCCCC2O)n1. The maximum atomic E-state index is 9.97. The van der Waals surface area contributed by atoms with Crippen LogP contribution in [0.4, 0.5) is 11.8 Å². The van der Waals surface area contributed by atoms with E-state index in [1.807, 2.05) is 20.0 Å². The van der Waals surface area contributed by atoms with Gasteiger partial charge in [0.05, 0.1) is 12.1 Å². The zero-order valence-electron chi connectivity index (χ0n) is 11.1. The molecule has 1 aliphatic rings. The van der Waals surface area contributed by atoms with Gasteiger partial charge in [-0.3, -0.25) is 0 Å². The van der Waals surface area contributed by atoms with E-state index in [1.54, 1.807) is 0 Å². The zero-order valence-corrected chi connectivity index (χ0v) is 11.1. The largest absolute Gasteiger partial charge is 0.391 e. The molecule has 0 bridgehead atoms. The predicted octanol–water partition coefficient (Wildman–Crippen LogP) is 1.93. The van der Waals surface area contributed by atoms with Gasteiger partial charge < -0.3 is 15.7 Å². The summed E-state index contributed by atoms with van der Waals surface area (Å²) < 4.78 is 0. The fraction of sp³-hybridized carbons (Fsp3) is 0.692. The van der Waals surface area contributed by atoms with Gasteiger partial charge in [0.1, 0.15) is 5.82 Å². The third kappa shape index (κ3) is 3.10. The van der Waals surface area contributed by atoms with E-state index in [4.69, 9.17) is 0 Å². The normalized spacial score (nSPS) is 23.7. The number of aliphatic hydroxyl groups is 1. The lowest BCUT2D eigenvalue weighted by Crippen LogP contribution is -2.36. The first kappa shape index (κ1) is 13.1. The Morgan fingerprint density at radius 3 is 2.89 bits per heavy atom. The van der Waals surface area contributed by atoms with Crippen molar-refractivity contribution in [2.75, 3.05) is 17.2 Å². The summed E-state index contributed by atoms with van der Waals surface area (Å²) in [6.45, 7) is 4.79. The second kappa shape index (κ2) is 6.00. The molecule has 0 aromatic carbocycles. The molecule has 100 valence electrons. The molecule has 0 radical (unpaired) electrons. The van der Waals surface area contributed by atoms with Crippen molar-refractivity contribution >= 4 is 11.8 Å². The van der Waals surface area contributed by atoms with E-state index in [1.165, 1.54) is 6.42 Å². The van der Waals surface area contributed by atoms with E-state index in [0.717, 1.165) is 37.2 Å². The van der Waals surface area contributed by atoms with E-state index >= 15 is 0 Å². The minimum atomic E-state index is -0.268. The van der Waals surface area contributed by atoms with E-state index in [2.05, 4.69) is 20.6 Å². The van der Waals surface area contributed by atoms with Gasteiger partial charge in [0, 0.05) is 18.3 Å². The molecular formula is C13H22N4O. The summed E-state index contributed by atoms with van der Waals surface area (Å²) in [4.78, 5) is 8.66. The van der Waals surface area contributed by atoms with Crippen LogP contribution in [0.3, 0.4) is 0 Å². The van der Waals surface area contributed by atoms with Crippen molar-refractivity contribution in [3.05, 3.63) is 11.8 Å². The quantitative estimate of drug-likeness (QED) is 0.761. The van der Waals surface area contributed by atoms with Crippen LogP contribution in [0.15, 0.2) is 6.20 Å². The predicted molar refractivity (Wildman–Crippen MR) is 72.8 cm³/mol. The molecule has 1 heterocycles. The number of hydrogen-bond donors (Lipinski definition) is 3. The minimum Gasteiger partial charge on any atom is -0.391 e. The first-order chi connectivity index (χ1) is 8.70. The highest BCUT2D eigenvalue weighted by Crippen LogP contribution is 2.23. The van der Waals surface area contributed by atoms with Gasteiger partial charge in [-0.15, -0.1) is 0 Å². The molecule has 1 aromatic heterocycles. The fourth-order valence-electron chi connectivity index (χ4n) is 2.29. The molecule has 0 spiro atoms. The molecule has 2 rings (SSSR count). The Morgan fingerprint density at radius 1 is 1.39 bits per heavy atom. The third-order valence-electron chi connectivity index (χ3n) is 3.36. The second-order valence-corrected chi connectivity index (χ2v) is 4.86. The van der Waals surface area contributed by atoms with Crippen molar-refractivity contribution in [1.29, 1.82) is 0 Å². The molecule has 1 aromatic rings. The molecule has 0 amide bonds. The average Bonchev–Trinajstić information content (AvgIpc) is 2.36. The number of hydrogen-bond acceptors (Lipinski definition) is 5. The molecule has 5 nitrogen and oxygen atoms in total. The molecule has 2 atom stereocenters. The Labute approximate surface area is 108 Å². The minimum absolute atomic E-state index is 0.113. The number of aliphatic hydroxyl groups excluding tert-OH is 1. The number of nitrogens with zero attached hydrogens (tertiary/aromatic N) is 2. The lowest BCUT2D eigenvalue weighted by molar-refractivity contribution is 0.116. The summed E-state index contributed by atoms with van der Waals surface area (Å²) in [5.41, 5.74) is 1.01. The lowest BCUT2D eigenvalue weighted by Gasteiger charge is -2.29. The zero-order chi connectivity index (χ0) is 13.0. The Bertz CT molecular complexity index is 397. The van der Waals surface area contributed by atoms with Gasteiger partial charge in [0.15, 0.2) is 0 Å². The molecule has 18 heavy (non-hydrogen) atoms. The van der Waals surface area contributed by atoms with Crippen LogP contribution in [-0.2, 0) is 0 Å². The van der Waals surface area contributed by atoms with Gasteiger partial charge in [-0.25, -0.2) is 4.98 Å². The van der Waals surface area contributed by atoms with Gasteiger partial charge in [-0.2, -0.15) is 4.98 Å². The van der Waals surface area contributed by atoms with Crippen molar-refractivity contribution in [2.45, 2.75) is 51.7 Å². The summed E-state index contributed by atoms with van der Waals surface area (Å²) in [7, 11) is 0. The van der Waals surface area contributed by atoms with E-state index in [-0.39, 0.29) is 12.1 Å². The summed E-state index contributed by atoms with van der Waals surface area (Å²) in [6.07, 6.45) is 5.70. The molecule has 1 aliphatic carbocycles. The number of anilines is 2. The van der Waals surface area contributed by atoms with Crippen molar-refractivity contribution in [2.24, 2.45) is 0 Å². The highest BCUT2D eigenvalue weighted by molar-refractivity contribution is 5.47. The molecule has 0 saturated heterocycles. The van der Waals surface area contributed by atoms with Gasteiger partial charge in [0.2, 0.25) is 5.95 Å². The Morgan fingerprint density at radius 2 is 2.17 bits per heavy atom. The molecule has 3 N–H and O–H groups in total. The van der Waals surface area contributed by atoms with E-state index in [0.29, 0.717) is 5.95 Å². The van der Waals surface area contributed by atoms with Crippen molar-refractivity contribution in [1.82, 2.24) is 9.97 Å². The molecule has 2 unspecified atom stereocenters. The molecule has 1 fully saturated rings. The van der Waals surface area contributed by atoms with Crippen molar-refractivity contribution in [3.63, 3.8) is 0 Å². The van der Waals surface area contributed by atoms with Crippen molar-refractivity contribution in [3.8, 4) is 0 Å². The molecule has 5 heteroatoms. The van der Waals surface area contributed by atoms with Crippen molar-refractivity contribution < 1.29 is 5.11 Å². The van der Waals surface area contributed by atoms with Crippen LogP contribution in [0.2, 0.25) is 0 Å². The van der Waals surface area contributed by atoms with Gasteiger partial charge in [-0.05, 0) is 26.7 Å². The summed E-state index contributed by atoms with van der Waals surface area (Å²) in [5.74, 6) is 1.46. The van der Waals surface area contributed by atoms with E-state index < -0.39 is 0 Å². The maximum absolute atomic E-state index is 9.97. The smallest absolute Gasteiger partial charge is 0.224 e. The number of nitrogens with one attached hydrogen (secondary N) is 2. The van der Waals surface area contributed by atoms with Crippen LogP contribution < -0.4 is 10.6 Å². The first-order valence-corrected chi connectivity index (χ1v) is 6.73. The number of rotatable bonds is 4. The second-order valence-electron chi connectivity index (χ2n) is 4.86. The third-order valence-corrected chi connectivity index (χ3v) is 3.36. The van der Waals surface area contributed by atoms with Gasteiger partial charge >= 0.3 is 0 Å². The summed E-state index contributed by atoms with van der Waals surface area (Å²) in [6, 6.07) is 0.113. The van der Waals surface area contributed by atoms with Crippen LogP contribution >= 0.6 is 0 Å². The van der Waals surface area contributed by atoms with E-state index in [9.17, 15) is 5.11 Å². The fourth-order valence-corrected chi connectivity index (χ4v) is 2.29. The highest BCUT2D eigenvalue weighted by atomic mass is 16.3. The molecule has 0 aliphatic heterocycles. The van der Waals surface area contributed by atoms with Crippen LogP contribution in [0.1, 0.15) is 38.2 Å². The van der Waals surface area contributed by atoms with Gasteiger partial charge in [0.25, 0.3) is 0 Å². The topological polar surface area (TPSA) is 70.1 Å². The first-order valence-electron chi connectivity index (χ1n) is 6.73. The maximum Gasteiger partial charge on any atom is 0.224 e. The molecular weight excluding hydrogens is 228 g/mol. The van der Waals surface area contributed by atoms with Crippen LogP contribution in [0.25, 0.3) is 0 Å². The van der Waals surface area contributed by atoms with Crippen LogP contribution in [-0.4, -0.2) is 33.8 Å². The highest BCUT2D eigenvalue weighted by Gasteiger charge is 2.23. The summed E-state index contributed by atoms with van der Waals surface area (Å²) in [5, 5.41) is 16.4. The Balaban J connectivity index is 2.09. The van der Waals surface area contributed by atoms with Crippen LogP contribution in [0, 0.1) is 6.92 Å². The number of aromatic nitrogens is 2. The Hall–Kier alpha value is -1.36. The average molecular weight is 250 g/mol. The Kier molecular flexibility index (Phi) is 4.36. The molecule has 1 saturated carbocycles. The number of aryl methyl sites for hydroxylation is 1. The van der Waals surface area contributed by atoms with Crippen LogP contribution in [0.5, 0.6) is 0 Å². The monoisotopic (exact) mass is 250 g/mol. The summed E-state index contributed by atoms with van der Waals surface area (Å²) >= 11 is 0. The standard InChI is InChI=1S/C13H22N4O/c1-3-14-13-15-8-9(2)12(17-13)16-10-6-4-5-7-11(10)18/h8,10-11,18H,3-7H2,1-2H3,(H2,14,15,16,17). The lowest BCUT2D eigenvalue weighted by atomic mass is 9.92. The van der Waals surface area contributed by atoms with Gasteiger partial charge in [-0.1, -0.05) is 12.8 Å².